The summed E-state index contributed by atoms with van der Waals surface area (Å²) >= 11 is 0. The van der Waals surface area contributed by atoms with Gasteiger partial charge in [-0.25, -0.2) is 0 Å². The molecule has 0 fully saturated rings. The van der Waals surface area contributed by atoms with Gasteiger partial charge in [-0.3, -0.25) is 14.4 Å². The lowest BCUT2D eigenvalue weighted by Gasteiger charge is -2.18. The summed E-state index contributed by atoms with van der Waals surface area (Å²) in [6.45, 7) is 6.16. The van der Waals surface area contributed by atoms with Crippen LogP contribution in [0.4, 0.5) is 0 Å². The van der Waals surface area contributed by atoms with Gasteiger partial charge in [-0.05, 0) is 103 Å². The zero-order chi connectivity index (χ0) is 38.0. The summed E-state index contributed by atoms with van der Waals surface area (Å²) in [6, 6.07) is 0. The Morgan fingerprint density at radius 1 is 0.385 bits per heavy atom. The Bertz CT molecular complexity index is 1060. The average molecular weight is 723 g/mol. The van der Waals surface area contributed by atoms with Gasteiger partial charge < -0.3 is 14.2 Å². The Kier molecular flexibility index (Phi) is 37.7. The number of hydrogen-bond donors (Lipinski definition) is 0. The van der Waals surface area contributed by atoms with Crippen LogP contribution in [0.5, 0.6) is 0 Å². The van der Waals surface area contributed by atoms with Crippen LogP contribution in [-0.4, -0.2) is 37.2 Å². The van der Waals surface area contributed by atoms with Crippen molar-refractivity contribution in [2.24, 2.45) is 0 Å². The minimum absolute atomic E-state index is 0.109. The molecule has 6 heteroatoms. The lowest BCUT2D eigenvalue weighted by Crippen LogP contribution is -2.30. The van der Waals surface area contributed by atoms with E-state index in [0.29, 0.717) is 19.3 Å². The van der Waals surface area contributed by atoms with Crippen molar-refractivity contribution in [2.75, 3.05) is 13.2 Å². The van der Waals surface area contributed by atoms with E-state index in [0.717, 1.165) is 109 Å². The van der Waals surface area contributed by atoms with Crippen LogP contribution in [-0.2, 0) is 28.6 Å². The predicted octanol–water partition coefficient (Wildman–Crippen LogP) is 12.9. The molecule has 0 aromatic heterocycles. The summed E-state index contributed by atoms with van der Waals surface area (Å²) < 4.78 is 16.5. The third-order valence-corrected chi connectivity index (χ3v) is 8.13. The first kappa shape index (κ1) is 48.6. The van der Waals surface area contributed by atoms with Crippen LogP contribution in [0.2, 0.25) is 0 Å². The van der Waals surface area contributed by atoms with E-state index >= 15 is 0 Å². The minimum atomic E-state index is -0.808. The van der Waals surface area contributed by atoms with E-state index in [4.69, 9.17) is 14.2 Å². The molecular formula is C46H74O6. The van der Waals surface area contributed by atoms with E-state index in [-0.39, 0.29) is 37.5 Å². The quantitative estimate of drug-likeness (QED) is 0.0280. The van der Waals surface area contributed by atoms with Crippen molar-refractivity contribution in [1.82, 2.24) is 0 Å². The third-order valence-electron chi connectivity index (χ3n) is 8.13. The second-order valence-corrected chi connectivity index (χ2v) is 13.1. The number of carbonyl (C=O) groups is 3. The maximum atomic E-state index is 12.6. The molecule has 0 aliphatic carbocycles. The van der Waals surface area contributed by atoms with E-state index in [9.17, 15) is 14.4 Å². The summed E-state index contributed by atoms with van der Waals surface area (Å²) in [5, 5.41) is 0. The topological polar surface area (TPSA) is 78.9 Å². The molecule has 0 saturated heterocycles. The van der Waals surface area contributed by atoms with Crippen LogP contribution in [0, 0.1) is 0 Å². The summed E-state index contributed by atoms with van der Waals surface area (Å²) in [5.41, 5.74) is 0. The van der Waals surface area contributed by atoms with Crippen molar-refractivity contribution in [1.29, 1.82) is 0 Å². The van der Waals surface area contributed by atoms with Gasteiger partial charge in [0.15, 0.2) is 6.10 Å². The first-order valence-corrected chi connectivity index (χ1v) is 20.6. The van der Waals surface area contributed by atoms with Gasteiger partial charge in [0.1, 0.15) is 13.2 Å². The molecule has 0 rings (SSSR count). The predicted molar refractivity (Wildman–Crippen MR) is 219 cm³/mol. The summed E-state index contributed by atoms with van der Waals surface area (Å²) in [4.78, 5) is 37.5. The van der Waals surface area contributed by atoms with Crippen LogP contribution in [0.1, 0.15) is 168 Å². The second-order valence-electron chi connectivity index (χ2n) is 13.1. The smallest absolute Gasteiger partial charge is 0.306 e. The van der Waals surface area contributed by atoms with Crippen LogP contribution >= 0.6 is 0 Å². The molecule has 0 heterocycles. The number of esters is 3. The highest BCUT2D eigenvalue weighted by atomic mass is 16.6. The van der Waals surface area contributed by atoms with Gasteiger partial charge in [-0.2, -0.15) is 0 Å². The van der Waals surface area contributed by atoms with Crippen molar-refractivity contribution < 1.29 is 28.6 Å². The third kappa shape index (κ3) is 37.8. The highest BCUT2D eigenvalue weighted by Crippen LogP contribution is 2.11. The summed E-state index contributed by atoms with van der Waals surface area (Å²) in [5.74, 6) is -1.01. The summed E-state index contributed by atoms with van der Waals surface area (Å²) in [7, 11) is 0. The molecule has 0 N–H and O–H groups in total. The molecule has 0 aromatic rings. The van der Waals surface area contributed by atoms with Crippen molar-refractivity contribution in [3.05, 3.63) is 85.1 Å². The second kappa shape index (κ2) is 40.4. The van der Waals surface area contributed by atoms with Crippen molar-refractivity contribution >= 4 is 17.9 Å². The highest BCUT2D eigenvalue weighted by molar-refractivity contribution is 5.71. The van der Waals surface area contributed by atoms with Crippen LogP contribution in [0.15, 0.2) is 85.1 Å². The molecule has 294 valence electrons. The highest BCUT2D eigenvalue weighted by Gasteiger charge is 2.19. The van der Waals surface area contributed by atoms with Crippen LogP contribution < -0.4 is 0 Å². The van der Waals surface area contributed by atoms with Gasteiger partial charge in [0.2, 0.25) is 0 Å². The van der Waals surface area contributed by atoms with Crippen molar-refractivity contribution in [3.63, 3.8) is 0 Å². The fourth-order valence-electron chi connectivity index (χ4n) is 5.12. The van der Waals surface area contributed by atoms with Gasteiger partial charge >= 0.3 is 17.9 Å². The molecule has 0 spiro atoms. The van der Waals surface area contributed by atoms with Crippen LogP contribution in [0.25, 0.3) is 0 Å². The van der Waals surface area contributed by atoms with E-state index in [2.05, 4.69) is 106 Å². The van der Waals surface area contributed by atoms with Crippen molar-refractivity contribution in [2.45, 2.75) is 175 Å². The fourth-order valence-corrected chi connectivity index (χ4v) is 5.12. The molecule has 0 aliphatic rings. The lowest BCUT2D eigenvalue weighted by atomic mass is 10.1. The number of unbranched alkanes of at least 4 members (excludes halogenated alkanes) is 10. The first-order valence-electron chi connectivity index (χ1n) is 20.6. The van der Waals surface area contributed by atoms with Gasteiger partial charge in [-0.15, -0.1) is 0 Å². The molecule has 52 heavy (non-hydrogen) atoms. The molecule has 0 aromatic carbocycles. The SMILES string of the molecule is CC/C=C\C/C=C\C/C=C\CCCCCCCCC(=O)OCC(COC(=O)CCCC/C=C\C/C=C\CC)OC(=O)CCCC/C=C\C/C=C\CC. The number of allylic oxidation sites excluding steroid dienone is 14. The molecular weight excluding hydrogens is 648 g/mol. The molecule has 0 amide bonds. The van der Waals surface area contributed by atoms with E-state index < -0.39 is 6.10 Å². The molecule has 0 bridgehead atoms. The number of ether oxygens (including phenoxy) is 3. The molecule has 0 saturated carbocycles. The zero-order valence-corrected chi connectivity index (χ0v) is 33.3. The molecule has 1 atom stereocenters. The first-order chi connectivity index (χ1) is 25.5. The monoisotopic (exact) mass is 723 g/mol. The van der Waals surface area contributed by atoms with Crippen LogP contribution in [0.3, 0.4) is 0 Å². The normalized spacial score (nSPS) is 12.9. The molecule has 6 nitrogen and oxygen atoms in total. The maximum absolute atomic E-state index is 12.6. The van der Waals surface area contributed by atoms with Gasteiger partial charge in [0.25, 0.3) is 0 Å². The standard InChI is InChI=1S/C46H74O6/c1-4-7-10-13-16-19-20-21-22-23-24-25-28-30-33-36-39-45(48)51-42-43(52-46(49)40-37-34-31-27-18-15-12-9-6-3)41-50-44(47)38-35-32-29-26-17-14-11-8-5-2/h7-12,16-19,21-22,26-27,43H,4-6,13-15,20,23-25,28-42H2,1-3H3/b10-7-,11-8-,12-9-,19-16-,22-21-,26-17-,27-18-. The average Bonchev–Trinajstić information content (AvgIpc) is 3.14. The number of hydrogen-bond acceptors (Lipinski definition) is 6. The van der Waals surface area contributed by atoms with E-state index in [1.807, 2.05) is 0 Å². The Balaban J connectivity index is 4.41. The van der Waals surface area contributed by atoms with E-state index in [1.165, 1.54) is 12.8 Å². The van der Waals surface area contributed by atoms with Crippen molar-refractivity contribution in [3.8, 4) is 0 Å². The number of rotatable bonds is 35. The molecule has 0 aliphatic heterocycles. The minimum Gasteiger partial charge on any atom is -0.462 e. The Labute approximate surface area is 318 Å². The molecule has 1 unspecified atom stereocenters. The number of carbonyl (C=O) groups excluding carboxylic acids is 3. The van der Waals surface area contributed by atoms with Gasteiger partial charge in [-0.1, -0.05) is 132 Å². The van der Waals surface area contributed by atoms with Gasteiger partial charge in [0, 0.05) is 19.3 Å². The maximum Gasteiger partial charge on any atom is 0.306 e. The fraction of sp³-hybridized carbons (Fsp3) is 0.630. The largest absolute Gasteiger partial charge is 0.462 e. The Hall–Kier alpha value is -3.41. The Morgan fingerprint density at radius 2 is 0.692 bits per heavy atom. The Morgan fingerprint density at radius 3 is 1.12 bits per heavy atom. The lowest BCUT2D eigenvalue weighted by molar-refractivity contribution is -0.167. The van der Waals surface area contributed by atoms with Gasteiger partial charge in [0.05, 0.1) is 0 Å². The summed E-state index contributed by atoms with van der Waals surface area (Å²) in [6.07, 6.45) is 50.2. The van der Waals surface area contributed by atoms with E-state index in [1.54, 1.807) is 0 Å². The molecule has 0 radical (unpaired) electrons. The zero-order valence-electron chi connectivity index (χ0n) is 33.3.